The number of aromatic nitrogens is 1. The van der Waals surface area contributed by atoms with E-state index in [-0.39, 0.29) is 36.2 Å². The second kappa shape index (κ2) is 11.5. The van der Waals surface area contributed by atoms with Crippen LogP contribution in [0.5, 0.6) is 5.75 Å². The van der Waals surface area contributed by atoms with Crippen molar-refractivity contribution < 1.29 is 18.7 Å². The number of nitrogens with zero attached hydrogens (tertiary/aromatic N) is 2. The summed E-state index contributed by atoms with van der Waals surface area (Å²) in [5.41, 5.74) is 3.13. The number of hydrogen-bond donors (Lipinski definition) is 1. The Bertz CT molecular complexity index is 1260. The maximum Gasteiger partial charge on any atom is 0.271 e. The molecule has 1 unspecified atom stereocenters. The van der Waals surface area contributed by atoms with Crippen molar-refractivity contribution in [2.24, 2.45) is 5.92 Å². The van der Waals surface area contributed by atoms with Crippen LogP contribution in [0.15, 0.2) is 60.5 Å². The largest absolute Gasteiger partial charge is 0.486 e. The van der Waals surface area contributed by atoms with E-state index in [1.165, 1.54) is 23.5 Å². The molecule has 0 saturated carbocycles. The van der Waals surface area contributed by atoms with Crippen molar-refractivity contribution in [3.05, 3.63) is 93.7 Å². The first-order valence-electron chi connectivity index (χ1n) is 12.0. The fourth-order valence-electron chi connectivity index (χ4n) is 4.34. The van der Waals surface area contributed by atoms with Crippen LogP contribution in [0.1, 0.15) is 58.5 Å². The van der Waals surface area contributed by atoms with Gasteiger partial charge in [-0.15, -0.1) is 17.9 Å². The van der Waals surface area contributed by atoms with E-state index < -0.39 is 0 Å². The molecule has 36 heavy (non-hydrogen) atoms. The summed E-state index contributed by atoms with van der Waals surface area (Å²) in [5, 5.41) is 5.08. The quantitative estimate of drug-likeness (QED) is 0.399. The predicted molar refractivity (Wildman–Crippen MR) is 139 cm³/mol. The molecule has 1 aromatic heterocycles. The number of amides is 2. The lowest BCUT2D eigenvalue weighted by atomic mass is 9.87. The Morgan fingerprint density at radius 1 is 1.31 bits per heavy atom. The van der Waals surface area contributed by atoms with Crippen LogP contribution >= 0.6 is 11.3 Å². The predicted octanol–water partition coefficient (Wildman–Crippen LogP) is 5.30. The van der Waals surface area contributed by atoms with E-state index in [4.69, 9.17) is 4.74 Å². The van der Waals surface area contributed by atoms with Gasteiger partial charge in [-0.25, -0.2) is 9.37 Å². The van der Waals surface area contributed by atoms with E-state index in [2.05, 4.69) is 16.9 Å². The van der Waals surface area contributed by atoms with Crippen LogP contribution in [0.3, 0.4) is 0 Å². The minimum absolute atomic E-state index is 0.0567. The fraction of sp³-hybridized carbons (Fsp3) is 0.321. The maximum atomic E-state index is 14.2. The molecule has 0 aliphatic carbocycles. The van der Waals surface area contributed by atoms with Crippen LogP contribution in [0, 0.1) is 11.7 Å². The van der Waals surface area contributed by atoms with Crippen molar-refractivity contribution >= 4 is 23.2 Å². The van der Waals surface area contributed by atoms with Gasteiger partial charge in [-0.05, 0) is 53.3 Å². The molecule has 1 atom stereocenters. The van der Waals surface area contributed by atoms with Gasteiger partial charge in [0.15, 0.2) is 0 Å². The Balaban J connectivity index is 1.58. The van der Waals surface area contributed by atoms with E-state index in [1.54, 1.807) is 17.5 Å². The van der Waals surface area contributed by atoms with Crippen LogP contribution in [0.25, 0.3) is 0 Å². The average Bonchev–Trinajstić information content (AvgIpc) is 3.34. The molecule has 0 fully saturated rings. The number of carbonyl (C=O) groups is 2. The summed E-state index contributed by atoms with van der Waals surface area (Å²) >= 11 is 1.35. The van der Waals surface area contributed by atoms with Gasteiger partial charge in [-0.2, -0.15) is 0 Å². The molecule has 1 aliphatic heterocycles. The zero-order chi connectivity index (χ0) is 25.7. The number of benzene rings is 2. The molecule has 0 saturated heterocycles. The first kappa shape index (κ1) is 25.6. The van der Waals surface area contributed by atoms with Crippen molar-refractivity contribution in [2.45, 2.75) is 39.3 Å². The summed E-state index contributed by atoms with van der Waals surface area (Å²) in [4.78, 5) is 31.5. The van der Waals surface area contributed by atoms with Gasteiger partial charge in [0.1, 0.15) is 28.9 Å². The van der Waals surface area contributed by atoms with Gasteiger partial charge in [0.2, 0.25) is 5.91 Å². The lowest BCUT2D eigenvalue weighted by Gasteiger charge is -2.38. The van der Waals surface area contributed by atoms with Crippen molar-refractivity contribution in [3.8, 4) is 5.75 Å². The number of fused-ring (bicyclic) bond motifs is 1. The van der Waals surface area contributed by atoms with E-state index in [0.29, 0.717) is 36.0 Å². The Kier molecular flexibility index (Phi) is 8.15. The third kappa shape index (κ3) is 5.99. The molecule has 0 radical (unpaired) electrons. The molecule has 188 valence electrons. The van der Waals surface area contributed by atoms with Crippen LogP contribution in [0.2, 0.25) is 0 Å². The molecular formula is C28H30FN3O3S. The van der Waals surface area contributed by atoms with Gasteiger partial charge in [0.05, 0.1) is 6.04 Å². The van der Waals surface area contributed by atoms with Crippen LogP contribution in [0.4, 0.5) is 4.39 Å². The number of halogens is 1. The van der Waals surface area contributed by atoms with Gasteiger partial charge >= 0.3 is 0 Å². The highest BCUT2D eigenvalue weighted by atomic mass is 32.1. The van der Waals surface area contributed by atoms with Gasteiger partial charge < -0.3 is 15.0 Å². The second-order valence-electron chi connectivity index (χ2n) is 9.17. The Morgan fingerprint density at radius 3 is 2.89 bits per heavy atom. The normalized spacial score (nSPS) is 14.9. The first-order valence-corrected chi connectivity index (χ1v) is 12.9. The van der Waals surface area contributed by atoms with Crippen molar-refractivity contribution in [2.75, 3.05) is 13.1 Å². The maximum absolute atomic E-state index is 14.2. The Morgan fingerprint density at radius 2 is 2.14 bits per heavy atom. The zero-order valence-electron chi connectivity index (χ0n) is 20.5. The number of carbonyl (C=O) groups excluding carboxylic acids is 2. The molecular weight excluding hydrogens is 477 g/mol. The first-order chi connectivity index (χ1) is 17.4. The van der Waals surface area contributed by atoms with Gasteiger partial charge in [-0.1, -0.05) is 38.1 Å². The highest BCUT2D eigenvalue weighted by Crippen LogP contribution is 2.38. The molecule has 1 N–H and O–H groups in total. The number of rotatable bonds is 9. The van der Waals surface area contributed by atoms with Crippen LogP contribution in [-0.4, -0.2) is 34.8 Å². The highest BCUT2D eigenvalue weighted by molar-refractivity contribution is 7.09. The number of ether oxygens (including phenoxy) is 1. The fourth-order valence-corrected chi connectivity index (χ4v) is 5.02. The summed E-state index contributed by atoms with van der Waals surface area (Å²) in [7, 11) is 0. The molecule has 1 aliphatic rings. The minimum atomic E-state index is -0.390. The lowest BCUT2D eigenvalue weighted by Crippen LogP contribution is -2.41. The topological polar surface area (TPSA) is 71.5 Å². The van der Waals surface area contributed by atoms with E-state index in [0.717, 1.165) is 23.1 Å². The SMILES string of the molecule is C=CCNC(=O)c1csc(COc2ccc3c(c2)C(c2cccc(F)c2)N(C(=O)CC(C)C)CC3)n1. The summed E-state index contributed by atoms with van der Waals surface area (Å²) in [6, 6.07) is 11.9. The van der Waals surface area contributed by atoms with Crippen molar-refractivity contribution in [1.29, 1.82) is 0 Å². The summed E-state index contributed by atoms with van der Waals surface area (Å²) < 4.78 is 20.2. The number of nitrogens with one attached hydrogen (secondary N) is 1. The molecule has 8 heteroatoms. The molecule has 2 amide bonds. The molecule has 0 bridgehead atoms. The molecule has 6 nitrogen and oxygen atoms in total. The Hall–Kier alpha value is -3.52. The third-order valence-electron chi connectivity index (χ3n) is 5.97. The lowest BCUT2D eigenvalue weighted by molar-refractivity contribution is -0.134. The van der Waals surface area contributed by atoms with Gasteiger partial charge in [-0.3, -0.25) is 9.59 Å². The summed E-state index contributed by atoms with van der Waals surface area (Å²) in [6.45, 7) is 8.79. The molecule has 2 heterocycles. The van der Waals surface area contributed by atoms with Crippen LogP contribution in [-0.2, 0) is 17.8 Å². The Labute approximate surface area is 214 Å². The smallest absolute Gasteiger partial charge is 0.271 e. The van der Waals surface area contributed by atoms with E-state index in [1.807, 2.05) is 43.0 Å². The second-order valence-corrected chi connectivity index (χ2v) is 10.1. The standard InChI is InChI=1S/C28H30FN3O3S/c1-4-11-30-28(34)24-17-36-25(31-24)16-35-22-9-8-19-10-12-32(26(33)13-18(2)3)27(23(19)15-22)20-6-5-7-21(29)14-20/h4-9,14-15,17-18,27H,1,10-13,16H2,2-3H3,(H,30,34). The van der Waals surface area contributed by atoms with Gasteiger partial charge in [0.25, 0.3) is 5.91 Å². The van der Waals surface area contributed by atoms with Crippen molar-refractivity contribution in [3.63, 3.8) is 0 Å². The summed E-state index contributed by atoms with van der Waals surface area (Å²) in [6.07, 6.45) is 2.77. The molecule has 3 aromatic rings. The number of hydrogen-bond acceptors (Lipinski definition) is 5. The zero-order valence-corrected chi connectivity index (χ0v) is 21.3. The van der Waals surface area contributed by atoms with Crippen LogP contribution < -0.4 is 10.1 Å². The third-order valence-corrected chi connectivity index (χ3v) is 6.79. The monoisotopic (exact) mass is 507 g/mol. The van der Waals surface area contributed by atoms with E-state index >= 15 is 0 Å². The van der Waals surface area contributed by atoms with E-state index in [9.17, 15) is 14.0 Å². The molecule has 4 rings (SSSR count). The molecule has 0 spiro atoms. The molecule has 2 aromatic carbocycles. The van der Waals surface area contributed by atoms with Gasteiger partial charge in [0, 0.05) is 24.9 Å². The van der Waals surface area contributed by atoms with Crippen molar-refractivity contribution in [1.82, 2.24) is 15.2 Å². The summed E-state index contributed by atoms with van der Waals surface area (Å²) in [5.74, 6) is 0.321. The minimum Gasteiger partial charge on any atom is -0.486 e. The number of thiazole rings is 1. The average molecular weight is 508 g/mol. The highest BCUT2D eigenvalue weighted by Gasteiger charge is 2.32.